The van der Waals surface area contributed by atoms with Gasteiger partial charge in [-0.25, -0.2) is 14.5 Å². The zero-order valence-electron chi connectivity index (χ0n) is 15.0. The zero-order valence-corrected chi connectivity index (χ0v) is 16.5. The van der Waals surface area contributed by atoms with Crippen molar-refractivity contribution in [1.82, 2.24) is 20.2 Å². The molecular formula is C18H16Cl2FN7O. The molecule has 8 nitrogen and oxygen atoms in total. The summed E-state index contributed by atoms with van der Waals surface area (Å²) < 4.78 is 13.1. The number of nitrogens with zero attached hydrogens (tertiary/aromatic N) is 4. The minimum absolute atomic E-state index is 0.0465. The third-order valence-corrected chi connectivity index (χ3v) is 5.13. The van der Waals surface area contributed by atoms with Gasteiger partial charge in [0.1, 0.15) is 15.9 Å². The van der Waals surface area contributed by atoms with E-state index in [0.717, 1.165) is 6.42 Å². The Hall–Kier alpha value is -2.91. The lowest BCUT2D eigenvalue weighted by atomic mass is 10.3. The van der Waals surface area contributed by atoms with Gasteiger partial charge in [0.05, 0.1) is 18.1 Å². The van der Waals surface area contributed by atoms with Gasteiger partial charge in [-0.2, -0.15) is 10.1 Å². The third-order valence-electron chi connectivity index (χ3n) is 4.49. The zero-order chi connectivity index (χ0) is 20.4. The predicted molar refractivity (Wildman–Crippen MR) is 111 cm³/mol. The highest BCUT2D eigenvalue weighted by atomic mass is 35.5. The Bertz CT molecular complexity index is 1080. The van der Waals surface area contributed by atoms with Crippen LogP contribution in [0.25, 0.3) is 0 Å². The molecule has 0 saturated carbocycles. The van der Waals surface area contributed by atoms with Crippen LogP contribution in [-0.4, -0.2) is 39.3 Å². The van der Waals surface area contributed by atoms with Crippen LogP contribution in [0.4, 0.5) is 27.5 Å². The molecule has 1 aromatic carbocycles. The van der Waals surface area contributed by atoms with Gasteiger partial charge >= 0.3 is 0 Å². The third kappa shape index (κ3) is 4.41. The molecule has 0 bridgehead atoms. The summed E-state index contributed by atoms with van der Waals surface area (Å²) in [6.45, 7) is 1.31. The molecule has 11 heteroatoms. The van der Waals surface area contributed by atoms with Crippen LogP contribution in [0, 0.1) is 5.82 Å². The second-order valence-electron chi connectivity index (χ2n) is 6.50. The lowest BCUT2D eigenvalue weighted by Gasteiger charge is -2.19. The summed E-state index contributed by atoms with van der Waals surface area (Å²) in [7, 11) is 0. The Morgan fingerprint density at radius 3 is 2.79 bits per heavy atom. The first-order valence-corrected chi connectivity index (χ1v) is 9.55. The standard InChI is InChI=1S/C18H16Cl2FN7O/c19-13-7-22-18(26-16(13)24-11-3-1-10(21)2-4-11)25-12-5-6-28(9-12)14-8-23-27-17(29)15(14)20/h1-4,7-8,12H,5-6,9H2,(H,27,29)(H2,22,24,25,26). The minimum atomic E-state index is -0.418. The van der Waals surface area contributed by atoms with Crippen molar-refractivity contribution in [1.29, 1.82) is 0 Å². The molecule has 0 spiro atoms. The van der Waals surface area contributed by atoms with Gasteiger partial charge in [-0.05, 0) is 30.7 Å². The van der Waals surface area contributed by atoms with Crippen LogP contribution in [0.3, 0.4) is 0 Å². The molecule has 0 aliphatic carbocycles. The van der Waals surface area contributed by atoms with E-state index in [1.807, 2.05) is 4.90 Å². The number of H-pyrrole nitrogens is 1. The smallest absolute Gasteiger partial charge is 0.285 e. The van der Waals surface area contributed by atoms with Crippen molar-refractivity contribution in [2.45, 2.75) is 12.5 Å². The van der Waals surface area contributed by atoms with Crippen molar-refractivity contribution in [2.75, 3.05) is 28.6 Å². The molecule has 1 atom stereocenters. The highest BCUT2D eigenvalue weighted by Crippen LogP contribution is 2.27. The second kappa shape index (κ2) is 8.22. The number of nitrogens with one attached hydrogen (secondary N) is 3. The predicted octanol–water partition coefficient (Wildman–Crippen LogP) is 3.44. The van der Waals surface area contributed by atoms with E-state index >= 15 is 0 Å². The second-order valence-corrected chi connectivity index (χ2v) is 7.28. The Morgan fingerprint density at radius 2 is 2.00 bits per heavy atom. The number of benzene rings is 1. The summed E-state index contributed by atoms with van der Waals surface area (Å²) >= 11 is 12.3. The Labute approximate surface area is 175 Å². The summed E-state index contributed by atoms with van der Waals surface area (Å²) in [6.07, 6.45) is 3.83. The number of hydrogen-bond donors (Lipinski definition) is 3. The van der Waals surface area contributed by atoms with Crippen LogP contribution in [0.2, 0.25) is 10.0 Å². The van der Waals surface area contributed by atoms with Crippen molar-refractivity contribution >= 4 is 46.3 Å². The first-order chi connectivity index (χ1) is 14.0. The molecule has 3 aromatic rings. The summed E-state index contributed by atoms with van der Waals surface area (Å²) in [5, 5.41) is 12.9. The minimum Gasteiger partial charge on any atom is -0.367 e. The molecule has 1 saturated heterocycles. The maximum atomic E-state index is 13.1. The molecule has 4 rings (SSSR count). The Balaban J connectivity index is 1.45. The fourth-order valence-electron chi connectivity index (χ4n) is 3.07. The van der Waals surface area contributed by atoms with E-state index in [1.54, 1.807) is 12.1 Å². The number of aromatic nitrogens is 4. The van der Waals surface area contributed by atoms with Gasteiger partial charge in [0.2, 0.25) is 5.95 Å². The molecule has 3 N–H and O–H groups in total. The average Bonchev–Trinajstić information content (AvgIpc) is 3.16. The van der Waals surface area contributed by atoms with E-state index < -0.39 is 5.56 Å². The molecule has 1 fully saturated rings. The molecule has 3 heterocycles. The van der Waals surface area contributed by atoms with Crippen molar-refractivity contribution < 1.29 is 4.39 Å². The maximum Gasteiger partial charge on any atom is 0.285 e. The van der Waals surface area contributed by atoms with Crippen LogP contribution in [0.5, 0.6) is 0 Å². The largest absolute Gasteiger partial charge is 0.367 e. The van der Waals surface area contributed by atoms with Crippen LogP contribution < -0.4 is 21.1 Å². The van der Waals surface area contributed by atoms with E-state index in [0.29, 0.717) is 41.3 Å². The number of anilines is 4. The van der Waals surface area contributed by atoms with Crippen LogP contribution in [0.1, 0.15) is 6.42 Å². The number of rotatable bonds is 5. The van der Waals surface area contributed by atoms with Gasteiger partial charge in [-0.15, -0.1) is 0 Å². The molecule has 29 heavy (non-hydrogen) atoms. The van der Waals surface area contributed by atoms with Gasteiger partial charge in [0, 0.05) is 24.8 Å². The summed E-state index contributed by atoms with van der Waals surface area (Å²) in [5.74, 6) is 0.488. The van der Waals surface area contributed by atoms with Gasteiger partial charge < -0.3 is 15.5 Å². The SMILES string of the molecule is O=c1[nH]ncc(N2CCC(Nc3ncc(Cl)c(Nc4ccc(F)cc4)n3)C2)c1Cl. The fraction of sp³-hybridized carbons (Fsp3) is 0.222. The van der Waals surface area contributed by atoms with Crippen molar-refractivity contribution in [3.05, 3.63) is 62.9 Å². The van der Waals surface area contributed by atoms with Gasteiger partial charge in [0.15, 0.2) is 5.82 Å². The quantitative estimate of drug-likeness (QED) is 0.564. The Kier molecular flexibility index (Phi) is 5.50. The van der Waals surface area contributed by atoms with Gasteiger partial charge in [-0.1, -0.05) is 23.2 Å². The van der Waals surface area contributed by atoms with Crippen molar-refractivity contribution in [3.8, 4) is 0 Å². The van der Waals surface area contributed by atoms with E-state index in [2.05, 4.69) is 30.8 Å². The average molecular weight is 436 g/mol. The van der Waals surface area contributed by atoms with E-state index in [1.165, 1.54) is 24.5 Å². The number of halogens is 3. The summed E-state index contributed by atoms with van der Waals surface area (Å²) in [4.78, 5) is 22.3. The van der Waals surface area contributed by atoms with Crippen LogP contribution in [0.15, 0.2) is 41.5 Å². The fourth-order valence-corrected chi connectivity index (χ4v) is 3.42. The molecule has 1 unspecified atom stereocenters. The molecule has 0 radical (unpaired) electrons. The van der Waals surface area contributed by atoms with Crippen LogP contribution in [-0.2, 0) is 0 Å². The highest BCUT2D eigenvalue weighted by Gasteiger charge is 2.26. The first-order valence-electron chi connectivity index (χ1n) is 8.79. The van der Waals surface area contributed by atoms with Gasteiger partial charge in [0.25, 0.3) is 5.56 Å². The normalized spacial score (nSPS) is 16.1. The summed E-state index contributed by atoms with van der Waals surface area (Å²) in [5.41, 5.74) is 0.829. The molecule has 2 aromatic heterocycles. The highest BCUT2D eigenvalue weighted by molar-refractivity contribution is 6.33. The number of hydrogen-bond acceptors (Lipinski definition) is 7. The number of aromatic amines is 1. The van der Waals surface area contributed by atoms with Crippen molar-refractivity contribution in [3.63, 3.8) is 0 Å². The monoisotopic (exact) mass is 435 g/mol. The first kappa shape index (κ1) is 19.4. The van der Waals surface area contributed by atoms with Gasteiger partial charge in [-0.3, -0.25) is 4.79 Å². The van der Waals surface area contributed by atoms with Crippen molar-refractivity contribution in [2.24, 2.45) is 0 Å². The lowest BCUT2D eigenvalue weighted by molar-refractivity contribution is 0.628. The topological polar surface area (TPSA) is 98.8 Å². The molecule has 1 aliphatic heterocycles. The lowest BCUT2D eigenvalue weighted by Crippen LogP contribution is -2.28. The molecule has 150 valence electrons. The van der Waals surface area contributed by atoms with Crippen LogP contribution >= 0.6 is 23.2 Å². The molecule has 1 aliphatic rings. The summed E-state index contributed by atoms with van der Waals surface area (Å²) in [6, 6.07) is 5.92. The molecule has 0 amide bonds. The van der Waals surface area contributed by atoms with E-state index in [-0.39, 0.29) is 16.9 Å². The Morgan fingerprint density at radius 1 is 1.21 bits per heavy atom. The molecular weight excluding hydrogens is 420 g/mol. The van der Waals surface area contributed by atoms with E-state index in [4.69, 9.17) is 23.2 Å². The maximum absolute atomic E-state index is 13.1. The van der Waals surface area contributed by atoms with E-state index in [9.17, 15) is 9.18 Å².